The summed E-state index contributed by atoms with van der Waals surface area (Å²) in [5.74, 6) is -1.66. The van der Waals surface area contributed by atoms with Gasteiger partial charge in [-0.05, 0) is 36.1 Å². The van der Waals surface area contributed by atoms with Gasteiger partial charge in [-0.25, -0.2) is 14.6 Å². The highest BCUT2D eigenvalue weighted by atomic mass is 35.5. The summed E-state index contributed by atoms with van der Waals surface area (Å²) in [7, 11) is 1.25. The number of aromatic nitrogens is 2. The minimum absolute atomic E-state index is 0. The molecule has 2 rings (SSSR count). The molecule has 164 valence electrons. The zero-order valence-corrected chi connectivity index (χ0v) is 19.4. The Morgan fingerprint density at radius 1 is 1.23 bits per heavy atom. The van der Waals surface area contributed by atoms with Crippen LogP contribution in [0, 0.1) is 5.92 Å². The number of rotatable bonds is 9. The third kappa shape index (κ3) is 7.66. The molecule has 0 bridgehead atoms. The van der Waals surface area contributed by atoms with E-state index >= 15 is 0 Å². The predicted octanol–water partition coefficient (Wildman–Crippen LogP) is 4.01. The van der Waals surface area contributed by atoms with Crippen LogP contribution in [-0.4, -0.2) is 45.5 Å². The average molecular weight is 474 g/mol. The lowest BCUT2D eigenvalue weighted by Crippen LogP contribution is -2.28. The molecule has 0 radical (unpaired) electrons. The monoisotopic (exact) mass is 473 g/mol. The maximum atomic E-state index is 12.3. The number of benzene rings is 1. The van der Waals surface area contributed by atoms with Crippen LogP contribution in [0.25, 0.3) is 0 Å². The fourth-order valence-electron chi connectivity index (χ4n) is 2.85. The van der Waals surface area contributed by atoms with E-state index in [1.807, 2.05) is 18.4 Å². The molecule has 10 heteroatoms. The fourth-order valence-corrected chi connectivity index (χ4v) is 3.42. The summed E-state index contributed by atoms with van der Waals surface area (Å²) in [6.07, 6.45) is 3.63. The van der Waals surface area contributed by atoms with E-state index in [1.165, 1.54) is 7.11 Å². The van der Waals surface area contributed by atoms with Crippen LogP contribution in [0.15, 0.2) is 35.7 Å². The van der Waals surface area contributed by atoms with Crippen molar-refractivity contribution in [2.75, 3.05) is 7.11 Å². The van der Waals surface area contributed by atoms with E-state index in [2.05, 4.69) is 9.98 Å². The lowest BCUT2D eigenvalue weighted by molar-refractivity contribution is -0.142. The van der Waals surface area contributed by atoms with Crippen LogP contribution >= 0.6 is 36.7 Å². The van der Waals surface area contributed by atoms with E-state index in [0.717, 1.165) is 5.56 Å². The summed E-state index contributed by atoms with van der Waals surface area (Å²) in [4.78, 5) is 32.1. The van der Waals surface area contributed by atoms with Gasteiger partial charge in [0.1, 0.15) is 5.71 Å². The highest BCUT2D eigenvalue weighted by Crippen LogP contribution is 2.20. The number of nitrogens with zero attached hydrogens (tertiary/aromatic N) is 3. The summed E-state index contributed by atoms with van der Waals surface area (Å²) >= 11 is 12.1. The number of carboxylic acids is 1. The Kier molecular flexibility index (Phi) is 10.4. The summed E-state index contributed by atoms with van der Waals surface area (Å²) < 4.78 is 6.66. The molecule has 0 unspecified atom stereocenters. The molecule has 0 spiro atoms. The van der Waals surface area contributed by atoms with Gasteiger partial charge in [-0.1, -0.05) is 37.0 Å². The van der Waals surface area contributed by atoms with Gasteiger partial charge in [0.05, 0.1) is 13.4 Å². The zero-order chi connectivity index (χ0) is 21.6. The molecule has 1 aromatic carbocycles. The number of halogens is 2. The minimum Gasteiger partial charge on any atom is -0.477 e. The normalized spacial score (nSPS) is 12.4. The summed E-state index contributed by atoms with van der Waals surface area (Å²) in [5, 5.41) is 10.5. The lowest BCUT2D eigenvalue weighted by Gasteiger charge is -2.15. The van der Waals surface area contributed by atoms with E-state index in [9.17, 15) is 14.7 Å². The highest BCUT2D eigenvalue weighted by Gasteiger charge is 2.24. The Labute approximate surface area is 192 Å². The Hall–Kier alpha value is -2.03. The molecule has 30 heavy (non-hydrogen) atoms. The largest absolute Gasteiger partial charge is 0.477 e. The van der Waals surface area contributed by atoms with Crippen molar-refractivity contribution in [2.45, 2.75) is 39.3 Å². The molecule has 0 amide bonds. The molecule has 1 heterocycles. The number of imidazole rings is 1. The van der Waals surface area contributed by atoms with Gasteiger partial charge in [-0.15, -0.1) is 0 Å². The van der Waals surface area contributed by atoms with E-state index in [-0.39, 0.29) is 38.0 Å². The molecule has 1 atom stereocenters. The first-order valence-corrected chi connectivity index (χ1v) is 9.77. The Bertz CT molecular complexity index is 895. The van der Waals surface area contributed by atoms with Crippen molar-refractivity contribution in [1.29, 1.82) is 0 Å². The molecule has 0 aliphatic carbocycles. The van der Waals surface area contributed by atoms with Gasteiger partial charge in [0, 0.05) is 34.9 Å². The Morgan fingerprint density at radius 2 is 1.87 bits per heavy atom. The lowest BCUT2D eigenvalue weighted by atomic mass is 10.1. The summed E-state index contributed by atoms with van der Waals surface area (Å²) in [5.41, 5.74) is 1.52. The van der Waals surface area contributed by atoms with Crippen molar-refractivity contribution in [1.82, 2.24) is 9.55 Å². The third-order valence-electron chi connectivity index (χ3n) is 4.11. The number of carboxylic acid groups (broad SMARTS) is 1. The molecule has 7 nitrogen and oxygen atoms in total. The van der Waals surface area contributed by atoms with Crippen LogP contribution in [0.2, 0.25) is 10.0 Å². The first-order chi connectivity index (χ1) is 13.7. The van der Waals surface area contributed by atoms with Crippen molar-refractivity contribution in [3.8, 4) is 0 Å². The molecule has 0 saturated heterocycles. The molecule has 0 aliphatic heterocycles. The second-order valence-corrected chi connectivity index (χ2v) is 7.89. The second-order valence-electron chi connectivity index (χ2n) is 7.01. The van der Waals surface area contributed by atoms with E-state index in [0.29, 0.717) is 22.3 Å². The van der Waals surface area contributed by atoms with Crippen LogP contribution < -0.4 is 0 Å². The standard InChI is InChI=1S/C20H23Cl2N3O4.H2S/c1-12(2)4-17(19(26)27)24-18(20(28)29-3)8-16-9-23-11-25(16)10-13-5-14(21)7-15(22)6-13;/h5-7,9,11-12,18H,4,8,10H2,1-3H3,(H,26,27);1H2/t18-;/m0./s1. The first kappa shape index (κ1) is 26.0. The molecule has 0 fully saturated rings. The van der Waals surface area contributed by atoms with Crippen molar-refractivity contribution < 1.29 is 19.4 Å². The van der Waals surface area contributed by atoms with Crippen molar-refractivity contribution in [2.24, 2.45) is 10.9 Å². The maximum absolute atomic E-state index is 12.3. The minimum atomic E-state index is -1.14. The number of hydrogen-bond acceptors (Lipinski definition) is 5. The number of esters is 1. The van der Waals surface area contributed by atoms with E-state index in [1.54, 1.807) is 30.7 Å². The number of carbonyl (C=O) groups excluding carboxylic acids is 1. The summed E-state index contributed by atoms with van der Waals surface area (Å²) in [6, 6.07) is 4.24. The van der Waals surface area contributed by atoms with Crippen LogP contribution in [0.1, 0.15) is 31.5 Å². The van der Waals surface area contributed by atoms with E-state index in [4.69, 9.17) is 27.9 Å². The fraction of sp³-hybridized carbons (Fsp3) is 0.400. The topological polar surface area (TPSA) is 93.8 Å². The van der Waals surface area contributed by atoms with E-state index < -0.39 is 18.0 Å². The number of methoxy groups -OCH3 is 1. The van der Waals surface area contributed by atoms with Crippen molar-refractivity contribution >= 4 is 54.3 Å². The van der Waals surface area contributed by atoms with Crippen LogP contribution in [0.5, 0.6) is 0 Å². The van der Waals surface area contributed by atoms with Crippen molar-refractivity contribution in [3.05, 3.63) is 52.0 Å². The predicted molar refractivity (Wildman–Crippen MR) is 122 cm³/mol. The molecular weight excluding hydrogens is 449 g/mol. The molecule has 0 aliphatic rings. The average Bonchev–Trinajstić information content (AvgIpc) is 3.05. The maximum Gasteiger partial charge on any atom is 0.349 e. The van der Waals surface area contributed by atoms with Gasteiger partial charge >= 0.3 is 11.9 Å². The molecule has 0 saturated carbocycles. The summed E-state index contributed by atoms with van der Waals surface area (Å²) in [6.45, 7) is 4.21. The van der Waals surface area contributed by atoms with Gasteiger partial charge in [0.25, 0.3) is 0 Å². The van der Waals surface area contributed by atoms with Crippen LogP contribution in [-0.2, 0) is 27.3 Å². The van der Waals surface area contributed by atoms with Crippen molar-refractivity contribution in [3.63, 3.8) is 0 Å². The zero-order valence-electron chi connectivity index (χ0n) is 16.9. The Morgan fingerprint density at radius 3 is 2.40 bits per heavy atom. The van der Waals surface area contributed by atoms with Crippen LogP contribution in [0.3, 0.4) is 0 Å². The number of aliphatic imine (C=N–C) groups is 1. The van der Waals surface area contributed by atoms with Crippen LogP contribution in [0.4, 0.5) is 0 Å². The molecule has 1 N–H and O–H groups in total. The second kappa shape index (κ2) is 12.0. The number of aliphatic carboxylic acids is 1. The molecular formula is C20H25Cl2N3O4S. The molecule has 1 aromatic heterocycles. The smallest absolute Gasteiger partial charge is 0.349 e. The van der Waals surface area contributed by atoms with Gasteiger partial charge < -0.3 is 14.4 Å². The van der Waals surface area contributed by atoms with Gasteiger partial charge in [-0.3, -0.25) is 4.99 Å². The highest BCUT2D eigenvalue weighted by molar-refractivity contribution is 7.59. The quantitative estimate of drug-likeness (QED) is 0.438. The van der Waals surface area contributed by atoms with Gasteiger partial charge in [0.15, 0.2) is 6.04 Å². The number of ether oxygens (including phenoxy) is 1. The van der Waals surface area contributed by atoms with Gasteiger partial charge in [0.2, 0.25) is 0 Å². The first-order valence-electron chi connectivity index (χ1n) is 9.01. The SMILES string of the molecule is COC(=O)[C@H](Cc1cncn1Cc1cc(Cl)cc(Cl)c1)N=C(CC(C)C)C(=O)O.S. The number of hydrogen-bond donors (Lipinski definition) is 1. The Balaban J connectivity index is 0.00000450. The van der Waals surface area contributed by atoms with Gasteiger partial charge in [-0.2, -0.15) is 13.5 Å². The molecule has 2 aromatic rings. The number of carbonyl (C=O) groups is 2. The third-order valence-corrected chi connectivity index (χ3v) is 4.55.